The van der Waals surface area contributed by atoms with Crippen LogP contribution >= 0.6 is 0 Å². The molecule has 0 aliphatic heterocycles. The van der Waals surface area contributed by atoms with Crippen LogP contribution < -0.4 is 14.8 Å². The quantitative estimate of drug-likeness (QED) is 0.847. The van der Waals surface area contributed by atoms with Gasteiger partial charge in [0.15, 0.2) is 11.5 Å². The second-order valence-electron chi connectivity index (χ2n) is 4.34. The lowest BCUT2D eigenvalue weighted by Gasteiger charge is -2.13. The normalized spacial score (nSPS) is 10.7. The molecule has 1 amide bonds. The van der Waals surface area contributed by atoms with Crippen molar-refractivity contribution in [2.75, 3.05) is 0 Å². The van der Waals surface area contributed by atoms with E-state index in [2.05, 4.69) is 12.2 Å². The summed E-state index contributed by atoms with van der Waals surface area (Å²) >= 11 is 0. The molecule has 4 heteroatoms. The van der Waals surface area contributed by atoms with Crippen LogP contribution in [0.15, 0.2) is 36.5 Å². The van der Waals surface area contributed by atoms with Crippen LogP contribution in [0, 0.1) is 0 Å². The van der Waals surface area contributed by atoms with Gasteiger partial charge in [0.1, 0.15) is 0 Å². The summed E-state index contributed by atoms with van der Waals surface area (Å²) in [6.07, 6.45) is 4.95. The molecule has 0 saturated heterocycles. The zero-order valence-corrected chi connectivity index (χ0v) is 11.7. The number of para-hydroxylation sites is 2. The number of hydrogen-bond donors (Lipinski definition) is 1. The molecule has 19 heavy (non-hydrogen) atoms. The molecule has 0 aliphatic rings. The Morgan fingerprint density at radius 3 is 2.63 bits per heavy atom. The molecule has 1 rings (SSSR count). The van der Waals surface area contributed by atoms with Crippen molar-refractivity contribution >= 4 is 6.09 Å². The lowest BCUT2D eigenvalue weighted by Crippen LogP contribution is -2.22. The number of allylic oxidation sites excluding steroid dienone is 1. The van der Waals surface area contributed by atoms with E-state index >= 15 is 0 Å². The molecule has 0 aliphatic carbocycles. The minimum atomic E-state index is -0.521. The molecular weight excluding hydrogens is 242 g/mol. The smallest absolute Gasteiger partial charge is 0.416 e. The van der Waals surface area contributed by atoms with Crippen molar-refractivity contribution in [1.82, 2.24) is 5.32 Å². The van der Waals surface area contributed by atoms with Gasteiger partial charge in [-0.3, -0.25) is 5.32 Å². The van der Waals surface area contributed by atoms with Crippen LogP contribution in [0.4, 0.5) is 4.79 Å². The maximum atomic E-state index is 11.6. The summed E-state index contributed by atoms with van der Waals surface area (Å²) in [5, 5.41) is 2.55. The number of hydrogen-bond acceptors (Lipinski definition) is 3. The van der Waals surface area contributed by atoms with E-state index in [4.69, 9.17) is 9.47 Å². The molecule has 1 aromatic carbocycles. The van der Waals surface area contributed by atoms with Crippen LogP contribution in [0.2, 0.25) is 0 Å². The average molecular weight is 263 g/mol. The van der Waals surface area contributed by atoms with Crippen molar-refractivity contribution in [3.05, 3.63) is 36.5 Å². The zero-order valence-electron chi connectivity index (χ0n) is 11.7. The van der Waals surface area contributed by atoms with Crippen LogP contribution in [0.25, 0.3) is 0 Å². The summed E-state index contributed by atoms with van der Waals surface area (Å²) in [6, 6.07) is 7.11. The van der Waals surface area contributed by atoms with Crippen LogP contribution in [0.3, 0.4) is 0 Å². The molecular formula is C15H21NO3. The number of nitrogens with one attached hydrogen (secondary N) is 1. The van der Waals surface area contributed by atoms with Crippen molar-refractivity contribution in [3.8, 4) is 11.5 Å². The van der Waals surface area contributed by atoms with Crippen molar-refractivity contribution < 1.29 is 14.3 Å². The third kappa shape index (κ3) is 5.95. The number of ether oxygens (including phenoxy) is 2. The second kappa shape index (κ2) is 8.19. The van der Waals surface area contributed by atoms with E-state index in [0.717, 1.165) is 12.8 Å². The van der Waals surface area contributed by atoms with Crippen molar-refractivity contribution in [2.45, 2.75) is 39.7 Å². The molecule has 0 bridgehead atoms. The highest BCUT2D eigenvalue weighted by Crippen LogP contribution is 2.27. The Bertz CT molecular complexity index is 427. The highest BCUT2D eigenvalue weighted by atomic mass is 16.6. The van der Waals surface area contributed by atoms with E-state index < -0.39 is 6.09 Å². The summed E-state index contributed by atoms with van der Waals surface area (Å²) < 4.78 is 10.8. The monoisotopic (exact) mass is 263 g/mol. The molecule has 1 aromatic rings. The van der Waals surface area contributed by atoms with Gasteiger partial charge in [-0.25, -0.2) is 4.79 Å². The van der Waals surface area contributed by atoms with E-state index in [9.17, 15) is 4.79 Å². The van der Waals surface area contributed by atoms with E-state index in [1.54, 1.807) is 24.4 Å². The Kier molecular flexibility index (Phi) is 6.50. The number of rotatable bonds is 6. The van der Waals surface area contributed by atoms with Gasteiger partial charge in [-0.15, -0.1) is 0 Å². The summed E-state index contributed by atoms with van der Waals surface area (Å²) in [5.74, 6) is 0.975. The standard InChI is InChI=1S/C15H21NO3/c1-4-5-8-11-16-15(17)19-14-10-7-6-9-13(14)18-12(2)3/h6-12H,4-5H2,1-3H3,(H,16,17). The van der Waals surface area contributed by atoms with Gasteiger partial charge in [0.25, 0.3) is 0 Å². The largest absolute Gasteiger partial charge is 0.487 e. The minimum absolute atomic E-state index is 0.0252. The predicted molar refractivity (Wildman–Crippen MR) is 75.4 cm³/mol. The van der Waals surface area contributed by atoms with E-state index in [1.807, 2.05) is 26.0 Å². The minimum Gasteiger partial charge on any atom is -0.487 e. The fourth-order valence-electron chi connectivity index (χ4n) is 1.39. The average Bonchev–Trinajstić information content (AvgIpc) is 2.36. The van der Waals surface area contributed by atoms with Crippen molar-refractivity contribution in [3.63, 3.8) is 0 Å². The first kappa shape index (κ1) is 15.1. The first-order valence-corrected chi connectivity index (χ1v) is 6.52. The number of amides is 1. The molecule has 0 unspecified atom stereocenters. The van der Waals surface area contributed by atoms with Crippen LogP contribution in [0.5, 0.6) is 11.5 Å². The SMILES string of the molecule is CCCC=CNC(=O)Oc1ccccc1OC(C)C. The maximum Gasteiger partial charge on any atom is 0.416 e. The van der Waals surface area contributed by atoms with Crippen LogP contribution in [-0.4, -0.2) is 12.2 Å². The molecule has 0 saturated carbocycles. The van der Waals surface area contributed by atoms with E-state index in [1.165, 1.54) is 0 Å². The lowest BCUT2D eigenvalue weighted by molar-refractivity contribution is 0.195. The van der Waals surface area contributed by atoms with Gasteiger partial charge in [0, 0.05) is 6.20 Å². The second-order valence-corrected chi connectivity index (χ2v) is 4.34. The highest BCUT2D eigenvalue weighted by molar-refractivity contribution is 5.72. The third-order valence-corrected chi connectivity index (χ3v) is 2.19. The number of benzene rings is 1. The van der Waals surface area contributed by atoms with Gasteiger partial charge in [-0.2, -0.15) is 0 Å². The summed E-state index contributed by atoms with van der Waals surface area (Å²) in [7, 11) is 0. The Morgan fingerprint density at radius 1 is 1.32 bits per heavy atom. The molecule has 1 N–H and O–H groups in total. The first-order valence-electron chi connectivity index (χ1n) is 6.52. The molecule has 0 radical (unpaired) electrons. The topological polar surface area (TPSA) is 47.6 Å². The summed E-state index contributed by atoms with van der Waals surface area (Å²) in [4.78, 5) is 11.6. The third-order valence-electron chi connectivity index (χ3n) is 2.19. The Hall–Kier alpha value is -1.97. The molecule has 104 valence electrons. The van der Waals surface area contributed by atoms with E-state index in [0.29, 0.717) is 11.5 Å². The highest BCUT2D eigenvalue weighted by Gasteiger charge is 2.09. The maximum absolute atomic E-state index is 11.6. The molecule has 0 fully saturated rings. The molecule has 4 nitrogen and oxygen atoms in total. The molecule has 0 aromatic heterocycles. The Balaban J connectivity index is 2.58. The summed E-state index contributed by atoms with van der Waals surface area (Å²) in [6.45, 7) is 5.91. The fourth-order valence-corrected chi connectivity index (χ4v) is 1.39. The molecule has 0 atom stereocenters. The van der Waals surface area contributed by atoms with Gasteiger partial charge in [0.2, 0.25) is 0 Å². The number of carbonyl (C=O) groups excluding carboxylic acids is 1. The Labute approximate surface area is 114 Å². The predicted octanol–water partition coefficient (Wildman–Crippen LogP) is 3.88. The van der Waals surface area contributed by atoms with Gasteiger partial charge in [0.05, 0.1) is 6.10 Å². The zero-order chi connectivity index (χ0) is 14.1. The molecule has 0 spiro atoms. The van der Waals surface area contributed by atoms with Gasteiger partial charge in [-0.1, -0.05) is 31.6 Å². The fraction of sp³-hybridized carbons (Fsp3) is 0.400. The number of carbonyl (C=O) groups is 1. The number of unbranched alkanes of at least 4 members (excludes halogenated alkanes) is 1. The van der Waals surface area contributed by atoms with E-state index in [-0.39, 0.29) is 6.10 Å². The Morgan fingerprint density at radius 2 is 2.00 bits per heavy atom. The van der Waals surface area contributed by atoms with Gasteiger partial charge in [-0.05, 0) is 32.4 Å². The van der Waals surface area contributed by atoms with Gasteiger partial charge >= 0.3 is 6.09 Å². The van der Waals surface area contributed by atoms with Crippen molar-refractivity contribution in [1.29, 1.82) is 0 Å². The van der Waals surface area contributed by atoms with Crippen LogP contribution in [-0.2, 0) is 0 Å². The summed E-state index contributed by atoms with van der Waals surface area (Å²) in [5.41, 5.74) is 0. The van der Waals surface area contributed by atoms with Crippen LogP contribution in [0.1, 0.15) is 33.6 Å². The van der Waals surface area contributed by atoms with Gasteiger partial charge < -0.3 is 9.47 Å². The molecule has 0 heterocycles. The first-order chi connectivity index (χ1) is 9.13. The lowest BCUT2D eigenvalue weighted by atomic mass is 10.3. The van der Waals surface area contributed by atoms with Crippen molar-refractivity contribution in [2.24, 2.45) is 0 Å².